The quantitative estimate of drug-likeness (QED) is 0.879. The number of hydrogen-bond acceptors (Lipinski definition) is 2. The standard InChI is InChI=1S/C16H24N2/c1-12-6-3-4-7-14(12)13(2)17-15-9-11-18-10-5-8-16(15)18/h3-4,6-7,13,15-17H,5,8-11H2,1-2H3/t13-,15?,16?/m1/s1. The molecule has 0 amide bonds. The summed E-state index contributed by atoms with van der Waals surface area (Å²) in [5.74, 6) is 0. The van der Waals surface area contributed by atoms with Crippen molar-refractivity contribution in [3.8, 4) is 0 Å². The van der Waals surface area contributed by atoms with Gasteiger partial charge in [-0.3, -0.25) is 4.90 Å². The summed E-state index contributed by atoms with van der Waals surface area (Å²) < 4.78 is 0. The molecule has 0 aliphatic carbocycles. The van der Waals surface area contributed by atoms with Crippen molar-refractivity contribution in [1.29, 1.82) is 0 Å². The van der Waals surface area contributed by atoms with Gasteiger partial charge in [0.25, 0.3) is 0 Å². The van der Waals surface area contributed by atoms with Gasteiger partial charge in [-0.1, -0.05) is 24.3 Å². The Morgan fingerprint density at radius 2 is 2.06 bits per heavy atom. The largest absolute Gasteiger partial charge is 0.306 e. The molecule has 0 bridgehead atoms. The third-order valence-corrected chi connectivity index (χ3v) is 4.73. The number of fused-ring (bicyclic) bond motifs is 1. The van der Waals surface area contributed by atoms with Gasteiger partial charge in [-0.05, 0) is 50.8 Å². The minimum Gasteiger partial charge on any atom is -0.306 e. The Hall–Kier alpha value is -0.860. The molecule has 2 fully saturated rings. The molecule has 2 saturated heterocycles. The number of rotatable bonds is 3. The second-order valence-corrected chi connectivity index (χ2v) is 5.89. The molecule has 18 heavy (non-hydrogen) atoms. The van der Waals surface area contributed by atoms with Crippen LogP contribution in [0, 0.1) is 6.92 Å². The summed E-state index contributed by atoms with van der Waals surface area (Å²) in [4.78, 5) is 2.67. The Kier molecular flexibility index (Phi) is 3.40. The van der Waals surface area contributed by atoms with Gasteiger partial charge < -0.3 is 5.32 Å². The highest BCUT2D eigenvalue weighted by Crippen LogP contribution is 2.29. The summed E-state index contributed by atoms with van der Waals surface area (Å²) in [5.41, 5.74) is 2.85. The molecule has 0 spiro atoms. The Balaban J connectivity index is 1.68. The maximum atomic E-state index is 3.87. The lowest BCUT2D eigenvalue weighted by atomic mass is 9.99. The second kappa shape index (κ2) is 5.02. The Bertz CT molecular complexity index is 415. The van der Waals surface area contributed by atoms with E-state index in [0.717, 1.165) is 6.04 Å². The molecule has 2 aliphatic heterocycles. The SMILES string of the molecule is Cc1ccccc1[C@@H](C)NC1CCN2CCCC12. The lowest BCUT2D eigenvalue weighted by Gasteiger charge is -2.26. The summed E-state index contributed by atoms with van der Waals surface area (Å²) >= 11 is 0. The normalized spacial score (nSPS) is 29.4. The molecule has 1 aromatic carbocycles. The molecule has 3 atom stereocenters. The van der Waals surface area contributed by atoms with Gasteiger partial charge in [-0.2, -0.15) is 0 Å². The average Bonchev–Trinajstić information content (AvgIpc) is 2.94. The molecule has 0 aromatic heterocycles. The maximum Gasteiger partial charge on any atom is 0.0297 e. The molecule has 2 unspecified atom stereocenters. The van der Waals surface area contributed by atoms with Crippen molar-refractivity contribution in [1.82, 2.24) is 10.2 Å². The number of nitrogens with zero attached hydrogens (tertiary/aromatic N) is 1. The summed E-state index contributed by atoms with van der Waals surface area (Å²) in [7, 11) is 0. The van der Waals surface area contributed by atoms with Crippen LogP contribution in [-0.2, 0) is 0 Å². The second-order valence-electron chi connectivity index (χ2n) is 5.89. The monoisotopic (exact) mass is 244 g/mol. The molecule has 0 saturated carbocycles. The van der Waals surface area contributed by atoms with Gasteiger partial charge in [0, 0.05) is 24.7 Å². The van der Waals surface area contributed by atoms with Crippen molar-refractivity contribution in [2.75, 3.05) is 13.1 Å². The third-order valence-electron chi connectivity index (χ3n) is 4.73. The van der Waals surface area contributed by atoms with Crippen LogP contribution < -0.4 is 5.32 Å². The lowest BCUT2D eigenvalue weighted by Crippen LogP contribution is -2.40. The predicted molar refractivity (Wildman–Crippen MR) is 75.7 cm³/mol. The van der Waals surface area contributed by atoms with Crippen LogP contribution in [0.15, 0.2) is 24.3 Å². The van der Waals surface area contributed by atoms with E-state index in [4.69, 9.17) is 0 Å². The molecule has 98 valence electrons. The first-order chi connectivity index (χ1) is 8.75. The Morgan fingerprint density at radius 3 is 2.89 bits per heavy atom. The van der Waals surface area contributed by atoms with E-state index in [1.165, 1.54) is 43.5 Å². The lowest BCUT2D eigenvalue weighted by molar-refractivity contribution is 0.291. The van der Waals surface area contributed by atoms with Gasteiger partial charge >= 0.3 is 0 Å². The van der Waals surface area contributed by atoms with Gasteiger partial charge in [0.1, 0.15) is 0 Å². The minimum atomic E-state index is 0.469. The summed E-state index contributed by atoms with van der Waals surface area (Å²) in [6.07, 6.45) is 4.10. The summed E-state index contributed by atoms with van der Waals surface area (Å²) in [5, 5.41) is 3.87. The van der Waals surface area contributed by atoms with Crippen LogP contribution in [0.2, 0.25) is 0 Å². The van der Waals surface area contributed by atoms with Crippen molar-refractivity contribution in [2.45, 2.75) is 51.2 Å². The van der Waals surface area contributed by atoms with Crippen LogP contribution in [0.1, 0.15) is 43.4 Å². The van der Waals surface area contributed by atoms with Crippen molar-refractivity contribution >= 4 is 0 Å². The number of benzene rings is 1. The smallest absolute Gasteiger partial charge is 0.0297 e. The van der Waals surface area contributed by atoms with E-state index in [9.17, 15) is 0 Å². The first-order valence-corrected chi connectivity index (χ1v) is 7.31. The van der Waals surface area contributed by atoms with E-state index < -0.39 is 0 Å². The zero-order valence-electron chi connectivity index (χ0n) is 11.5. The fourth-order valence-electron chi connectivity index (χ4n) is 3.76. The van der Waals surface area contributed by atoms with E-state index in [-0.39, 0.29) is 0 Å². The zero-order valence-corrected chi connectivity index (χ0v) is 11.5. The molecule has 2 heterocycles. The van der Waals surface area contributed by atoms with Crippen LogP contribution in [-0.4, -0.2) is 30.1 Å². The topological polar surface area (TPSA) is 15.3 Å². The van der Waals surface area contributed by atoms with E-state index in [2.05, 4.69) is 48.3 Å². The first-order valence-electron chi connectivity index (χ1n) is 7.31. The van der Waals surface area contributed by atoms with Gasteiger partial charge in [-0.25, -0.2) is 0 Å². The average molecular weight is 244 g/mol. The highest BCUT2D eigenvalue weighted by atomic mass is 15.2. The van der Waals surface area contributed by atoms with Gasteiger partial charge in [0.05, 0.1) is 0 Å². The number of nitrogens with one attached hydrogen (secondary N) is 1. The summed E-state index contributed by atoms with van der Waals surface area (Å²) in [6.45, 7) is 7.13. The molecule has 3 rings (SSSR count). The molecule has 2 aliphatic rings. The molecular formula is C16H24N2. The molecule has 2 nitrogen and oxygen atoms in total. The van der Waals surface area contributed by atoms with Crippen LogP contribution in [0.4, 0.5) is 0 Å². The third kappa shape index (κ3) is 2.19. The van der Waals surface area contributed by atoms with E-state index >= 15 is 0 Å². The van der Waals surface area contributed by atoms with Gasteiger partial charge in [0.15, 0.2) is 0 Å². The number of aryl methyl sites for hydroxylation is 1. The van der Waals surface area contributed by atoms with Gasteiger partial charge in [-0.15, -0.1) is 0 Å². The molecule has 0 radical (unpaired) electrons. The van der Waals surface area contributed by atoms with Crippen molar-refractivity contribution in [2.24, 2.45) is 0 Å². The maximum absolute atomic E-state index is 3.87. The molecule has 1 aromatic rings. The number of hydrogen-bond donors (Lipinski definition) is 1. The highest BCUT2D eigenvalue weighted by Gasteiger charge is 2.37. The highest BCUT2D eigenvalue weighted by molar-refractivity contribution is 5.28. The van der Waals surface area contributed by atoms with Crippen LogP contribution in [0.3, 0.4) is 0 Å². The Labute approximate surface area is 110 Å². The van der Waals surface area contributed by atoms with Crippen molar-refractivity contribution < 1.29 is 0 Å². The van der Waals surface area contributed by atoms with Crippen LogP contribution in [0.25, 0.3) is 0 Å². The van der Waals surface area contributed by atoms with Crippen molar-refractivity contribution in [3.05, 3.63) is 35.4 Å². The fraction of sp³-hybridized carbons (Fsp3) is 0.625. The van der Waals surface area contributed by atoms with Crippen molar-refractivity contribution in [3.63, 3.8) is 0 Å². The fourth-order valence-corrected chi connectivity index (χ4v) is 3.76. The first kappa shape index (κ1) is 12.2. The zero-order chi connectivity index (χ0) is 12.5. The molecule has 1 N–H and O–H groups in total. The van der Waals surface area contributed by atoms with Gasteiger partial charge in [0.2, 0.25) is 0 Å². The minimum absolute atomic E-state index is 0.469. The van der Waals surface area contributed by atoms with E-state index in [1.807, 2.05) is 0 Å². The van der Waals surface area contributed by atoms with Crippen LogP contribution >= 0.6 is 0 Å². The summed E-state index contributed by atoms with van der Waals surface area (Å²) in [6, 6.07) is 10.7. The molecule has 2 heteroatoms. The molecular weight excluding hydrogens is 220 g/mol. The van der Waals surface area contributed by atoms with E-state index in [1.54, 1.807) is 0 Å². The Morgan fingerprint density at radius 1 is 1.22 bits per heavy atom. The predicted octanol–water partition coefficient (Wildman–Crippen LogP) is 2.88. The van der Waals surface area contributed by atoms with E-state index in [0.29, 0.717) is 12.1 Å². The van der Waals surface area contributed by atoms with Crippen LogP contribution in [0.5, 0.6) is 0 Å².